The first-order valence-corrected chi connectivity index (χ1v) is 13.1. The summed E-state index contributed by atoms with van der Waals surface area (Å²) in [5.74, 6) is 0.727. The highest BCUT2D eigenvalue weighted by Gasteiger charge is 2.39. The Bertz CT molecular complexity index is 1490. The van der Waals surface area contributed by atoms with Gasteiger partial charge < -0.3 is 29.2 Å². The number of nitrogens with zero attached hydrogens (tertiary/aromatic N) is 3. The predicted octanol–water partition coefficient (Wildman–Crippen LogP) is 2.46. The van der Waals surface area contributed by atoms with E-state index in [0.29, 0.717) is 53.2 Å². The van der Waals surface area contributed by atoms with Crippen LogP contribution in [0.25, 0.3) is 11.0 Å². The topological polar surface area (TPSA) is 124 Å². The van der Waals surface area contributed by atoms with Crippen molar-refractivity contribution < 1.29 is 28.3 Å². The molecule has 0 aliphatic carbocycles. The predicted molar refractivity (Wildman–Crippen MR) is 147 cm³/mol. The first kappa shape index (κ1) is 27.2. The van der Waals surface area contributed by atoms with Crippen LogP contribution in [0.15, 0.2) is 40.8 Å². The summed E-state index contributed by atoms with van der Waals surface area (Å²) in [6.07, 6.45) is 0.289. The number of carbonyl (C=O) groups excluding carboxylic acids is 4. The molecule has 1 aromatic heterocycles. The molecule has 2 aliphatic rings. The highest BCUT2D eigenvalue weighted by molar-refractivity contribution is 6.00. The minimum Gasteiger partial charge on any atom is -0.497 e. The number of carbonyl (C=O) groups is 4. The standard InChI is InChI=1S/C29H33N5O6/c1-18-11-24-20(12-22(18)26(36)33-9-7-32(3)8-10-33)13-25(40-24)29(2,31-28(38)30-17-35)16-34-15-19-5-6-21(39-4)14-23(19)27(34)37/h5-6,11-14,17H,7-10,15-16H2,1-4H3,(H2,30,31,35,38)/t29-/m0/s1. The molecular formula is C29H33N5O6. The molecule has 0 radical (unpaired) electrons. The highest BCUT2D eigenvalue weighted by Crippen LogP contribution is 2.34. The lowest BCUT2D eigenvalue weighted by Gasteiger charge is -2.32. The Morgan fingerprint density at radius 2 is 1.88 bits per heavy atom. The minimum absolute atomic E-state index is 0.0302. The largest absolute Gasteiger partial charge is 0.497 e. The molecule has 0 unspecified atom stereocenters. The molecule has 2 aliphatic heterocycles. The van der Waals surface area contributed by atoms with E-state index in [1.165, 1.54) is 0 Å². The molecule has 40 heavy (non-hydrogen) atoms. The van der Waals surface area contributed by atoms with Crippen molar-refractivity contribution in [2.75, 3.05) is 46.9 Å². The van der Waals surface area contributed by atoms with Gasteiger partial charge in [-0.25, -0.2) is 4.79 Å². The quantitative estimate of drug-likeness (QED) is 0.436. The average molecular weight is 548 g/mol. The number of methoxy groups -OCH3 is 1. The molecule has 11 nitrogen and oxygen atoms in total. The van der Waals surface area contributed by atoms with Crippen LogP contribution in [0.1, 0.15) is 44.5 Å². The summed E-state index contributed by atoms with van der Waals surface area (Å²) < 4.78 is 11.5. The molecule has 1 saturated heterocycles. The zero-order valence-corrected chi connectivity index (χ0v) is 23.1. The van der Waals surface area contributed by atoms with Gasteiger partial charge in [0, 0.05) is 49.2 Å². The molecule has 0 spiro atoms. The zero-order chi connectivity index (χ0) is 28.6. The Labute approximate surface area is 232 Å². The van der Waals surface area contributed by atoms with Gasteiger partial charge in [-0.3, -0.25) is 19.7 Å². The van der Waals surface area contributed by atoms with Gasteiger partial charge >= 0.3 is 6.03 Å². The van der Waals surface area contributed by atoms with Crippen LogP contribution in [0, 0.1) is 6.92 Å². The number of furan rings is 1. The fraction of sp³-hybridized carbons (Fsp3) is 0.379. The molecule has 1 fully saturated rings. The number of rotatable bonds is 7. The van der Waals surface area contributed by atoms with Crippen molar-refractivity contribution in [3.8, 4) is 5.75 Å². The average Bonchev–Trinajstić information content (AvgIpc) is 3.48. The maximum Gasteiger partial charge on any atom is 0.322 e. The van der Waals surface area contributed by atoms with Crippen LogP contribution < -0.4 is 15.4 Å². The van der Waals surface area contributed by atoms with Gasteiger partial charge in [-0.2, -0.15) is 0 Å². The van der Waals surface area contributed by atoms with Crippen molar-refractivity contribution in [3.63, 3.8) is 0 Å². The van der Waals surface area contributed by atoms with Crippen LogP contribution in [-0.4, -0.2) is 85.8 Å². The molecule has 1 atom stereocenters. The summed E-state index contributed by atoms with van der Waals surface area (Å²) in [5, 5.41) is 5.60. The molecule has 11 heteroatoms. The van der Waals surface area contributed by atoms with Gasteiger partial charge in [0.1, 0.15) is 22.6 Å². The Morgan fingerprint density at radius 1 is 1.12 bits per heavy atom. The third-order valence-electron chi connectivity index (χ3n) is 7.71. The summed E-state index contributed by atoms with van der Waals surface area (Å²) in [4.78, 5) is 55.8. The van der Waals surface area contributed by atoms with Crippen molar-refractivity contribution in [1.29, 1.82) is 0 Å². The first-order chi connectivity index (χ1) is 19.1. The second-order valence-corrected chi connectivity index (χ2v) is 10.6. The number of fused-ring (bicyclic) bond motifs is 2. The van der Waals surface area contributed by atoms with E-state index in [2.05, 4.69) is 15.5 Å². The van der Waals surface area contributed by atoms with Crippen molar-refractivity contribution in [2.45, 2.75) is 25.9 Å². The van der Waals surface area contributed by atoms with Crippen LogP contribution >= 0.6 is 0 Å². The van der Waals surface area contributed by atoms with Crippen molar-refractivity contribution in [2.24, 2.45) is 0 Å². The maximum atomic E-state index is 13.3. The summed E-state index contributed by atoms with van der Waals surface area (Å²) >= 11 is 0. The van der Waals surface area contributed by atoms with Crippen molar-refractivity contribution in [1.82, 2.24) is 25.3 Å². The molecule has 2 N–H and O–H groups in total. The number of nitrogens with one attached hydrogen (secondary N) is 2. The number of hydrogen-bond acceptors (Lipinski definition) is 7. The van der Waals surface area contributed by atoms with Crippen LogP contribution in [-0.2, 0) is 16.9 Å². The lowest BCUT2D eigenvalue weighted by Crippen LogP contribution is -2.53. The number of urea groups is 1. The van der Waals surface area contributed by atoms with E-state index in [9.17, 15) is 19.2 Å². The third kappa shape index (κ3) is 5.12. The molecule has 3 aromatic rings. The SMILES string of the molecule is COc1ccc2c(c1)C(=O)N(C[C@](C)(NC(=O)NC=O)c1cc3cc(C(=O)N4CCN(C)CC4)c(C)cc3o1)C2. The smallest absolute Gasteiger partial charge is 0.322 e. The maximum absolute atomic E-state index is 13.3. The Hall–Kier alpha value is -4.38. The minimum atomic E-state index is -1.20. The Balaban J connectivity index is 1.47. The fourth-order valence-corrected chi connectivity index (χ4v) is 5.37. The second-order valence-electron chi connectivity index (χ2n) is 10.6. The van der Waals surface area contributed by atoms with Gasteiger partial charge in [-0.1, -0.05) is 6.07 Å². The van der Waals surface area contributed by atoms with Crippen molar-refractivity contribution >= 4 is 35.2 Å². The number of benzene rings is 2. The fourth-order valence-electron chi connectivity index (χ4n) is 5.37. The van der Waals surface area contributed by atoms with Gasteiger partial charge in [0.05, 0.1) is 13.7 Å². The molecule has 0 bridgehead atoms. The summed E-state index contributed by atoms with van der Waals surface area (Å²) in [5.41, 5.74) is 2.10. The summed E-state index contributed by atoms with van der Waals surface area (Å²) in [6, 6.07) is 10.0. The highest BCUT2D eigenvalue weighted by atomic mass is 16.5. The van der Waals surface area contributed by atoms with E-state index in [1.807, 2.05) is 37.1 Å². The molecule has 3 heterocycles. The van der Waals surface area contributed by atoms with Crippen LogP contribution in [0.3, 0.4) is 0 Å². The monoisotopic (exact) mass is 547 g/mol. The molecule has 210 valence electrons. The van der Waals surface area contributed by atoms with Gasteiger partial charge in [-0.15, -0.1) is 0 Å². The molecular weight excluding hydrogens is 514 g/mol. The van der Waals surface area contributed by atoms with Crippen LogP contribution in [0.4, 0.5) is 4.79 Å². The van der Waals surface area contributed by atoms with Crippen LogP contribution in [0.2, 0.25) is 0 Å². The Morgan fingerprint density at radius 3 is 2.58 bits per heavy atom. The second kappa shape index (κ2) is 10.6. The third-order valence-corrected chi connectivity index (χ3v) is 7.71. The Kier molecular flexibility index (Phi) is 7.24. The number of ether oxygens (including phenoxy) is 1. The molecule has 2 aromatic carbocycles. The number of hydrogen-bond donors (Lipinski definition) is 2. The van der Waals surface area contributed by atoms with E-state index < -0.39 is 11.6 Å². The van der Waals surface area contributed by atoms with E-state index in [0.717, 1.165) is 24.2 Å². The van der Waals surface area contributed by atoms with Gasteiger partial charge in [0.25, 0.3) is 11.8 Å². The van der Waals surface area contributed by atoms with Gasteiger partial charge in [0.15, 0.2) is 0 Å². The first-order valence-electron chi connectivity index (χ1n) is 13.1. The number of likely N-dealkylation sites (N-methyl/N-ethyl adjacent to an activating group) is 1. The van der Waals surface area contributed by atoms with Gasteiger partial charge in [0.2, 0.25) is 6.41 Å². The zero-order valence-electron chi connectivity index (χ0n) is 23.1. The van der Waals surface area contributed by atoms with Crippen LogP contribution in [0.5, 0.6) is 5.75 Å². The van der Waals surface area contributed by atoms with E-state index in [-0.39, 0.29) is 24.8 Å². The van der Waals surface area contributed by atoms with Crippen molar-refractivity contribution in [3.05, 3.63) is 64.4 Å². The lowest BCUT2D eigenvalue weighted by molar-refractivity contribution is -0.108. The molecule has 0 saturated carbocycles. The molecule has 5 rings (SSSR count). The van der Waals surface area contributed by atoms with E-state index in [1.54, 1.807) is 37.1 Å². The van der Waals surface area contributed by atoms with E-state index in [4.69, 9.17) is 9.15 Å². The number of piperazine rings is 1. The number of imide groups is 1. The normalized spacial score (nSPS) is 16.9. The number of amides is 5. The molecule has 5 amide bonds. The summed E-state index contributed by atoms with van der Waals surface area (Å²) in [7, 11) is 3.58. The number of aryl methyl sites for hydroxylation is 1. The summed E-state index contributed by atoms with van der Waals surface area (Å²) in [6.45, 7) is 6.98. The van der Waals surface area contributed by atoms with E-state index >= 15 is 0 Å². The van der Waals surface area contributed by atoms with Gasteiger partial charge in [-0.05, 0) is 62.4 Å². The lowest BCUT2D eigenvalue weighted by atomic mass is 9.97.